The first-order valence-corrected chi connectivity index (χ1v) is 5.15. The third kappa shape index (κ3) is 4.13. The fourth-order valence-corrected chi connectivity index (χ4v) is 1.35. The van der Waals surface area contributed by atoms with Crippen molar-refractivity contribution in [1.82, 2.24) is 9.97 Å². The highest BCUT2D eigenvalue weighted by Gasteiger charge is 1.98. The Balaban J connectivity index is 0.00000144. The summed E-state index contributed by atoms with van der Waals surface area (Å²) in [6.45, 7) is 0. The summed E-state index contributed by atoms with van der Waals surface area (Å²) in [5.74, 6) is 1.41. The molecule has 0 aliphatic heterocycles. The van der Waals surface area contributed by atoms with Crippen LogP contribution in [0.5, 0.6) is 0 Å². The average Bonchev–Trinajstić information content (AvgIpc) is 2.31. The van der Waals surface area contributed by atoms with Gasteiger partial charge in [-0.15, -0.1) is 0 Å². The molecule has 0 unspecified atom stereocenters. The van der Waals surface area contributed by atoms with Crippen LogP contribution in [0, 0.1) is 0 Å². The molecule has 0 saturated carbocycles. The number of hydrogen-bond donors (Lipinski definition) is 2. The van der Waals surface area contributed by atoms with Gasteiger partial charge in [-0.3, -0.25) is 0 Å². The predicted octanol–water partition coefficient (Wildman–Crippen LogP) is 1.46. The Morgan fingerprint density at radius 1 is 0.882 bits per heavy atom. The van der Waals surface area contributed by atoms with Crippen LogP contribution in [0.3, 0.4) is 0 Å². The number of anilines is 2. The Kier molecular flexibility index (Phi) is 4.99. The molecular formula is C11H12N4OS. The lowest BCUT2D eigenvalue weighted by atomic mass is 10.4. The van der Waals surface area contributed by atoms with Crippen LogP contribution < -0.4 is 10.6 Å². The maximum Gasteiger partial charge on any atom is 0.177 e. The summed E-state index contributed by atoms with van der Waals surface area (Å²) in [6.07, 6.45) is 3.40. The van der Waals surface area contributed by atoms with Gasteiger partial charge in [0.25, 0.3) is 0 Å². The second-order valence-corrected chi connectivity index (χ2v) is 3.42. The summed E-state index contributed by atoms with van der Waals surface area (Å²) >= 11 is 5.12. The zero-order chi connectivity index (χ0) is 11.2. The predicted molar refractivity (Wildman–Crippen MR) is 71.9 cm³/mol. The van der Waals surface area contributed by atoms with Crippen molar-refractivity contribution >= 4 is 29.0 Å². The van der Waals surface area contributed by atoms with Gasteiger partial charge >= 0.3 is 0 Å². The van der Waals surface area contributed by atoms with Crippen LogP contribution in [0.25, 0.3) is 0 Å². The molecule has 0 amide bonds. The molecule has 4 N–H and O–H groups in total. The Hall–Kier alpha value is -2.05. The summed E-state index contributed by atoms with van der Waals surface area (Å²) in [6, 6.07) is 11.1. The number of aromatic nitrogens is 2. The molecule has 0 atom stereocenters. The van der Waals surface area contributed by atoms with E-state index in [9.17, 15) is 0 Å². The van der Waals surface area contributed by atoms with E-state index in [1.165, 1.54) is 0 Å². The highest BCUT2D eigenvalue weighted by atomic mass is 32.1. The van der Waals surface area contributed by atoms with E-state index in [1.54, 1.807) is 12.4 Å². The molecule has 0 aromatic carbocycles. The Morgan fingerprint density at radius 2 is 1.35 bits per heavy atom. The normalized spacial score (nSPS) is 8.94. The summed E-state index contributed by atoms with van der Waals surface area (Å²) in [7, 11) is 0. The van der Waals surface area contributed by atoms with E-state index in [1.807, 2.05) is 36.4 Å². The van der Waals surface area contributed by atoms with E-state index < -0.39 is 0 Å². The maximum atomic E-state index is 5.12. The summed E-state index contributed by atoms with van der Waals surface area (Å²) < 4.78 is 0. The molecule has 0 saturated heterocycles. The topological polar surface area (TPSA) is 81.3 Å². The Morgan fingerprint density at radius 3 is 1.71 bits per heavy atom. The van der Waals surface area contributed by atoms with Gasteiger partial charge in [-0.25, -0.2) is 9.97 Å². The van der Waals surface area contributed by atoms with Crippen LogP contribution in [0.4, 0.5) is 11.6 Å². The smallest absolute Gasteiger partial charge is 0.177 e. The summed E-state index contributed by atoms with van der Waals surface area (Å²) in [5.41, 5.74) is 0. The molecule has 0 spiro atoms. The molecule has 5 nitrogen and oxygen atoms in total. The largest absolute Gasteiger partial charge is 0.412 e. The Bertz CT molecular complexity index is 420. The second-order valence-electron chi connectivity index (χ2n) is 3.01. The van der Waals surface area contributed by atoms with Crippen molar-refractivity contribution in [3.05, 3.63) is 48.8 Å². The minimum absolute atomic E-state index is 0. The number of nitrogens with zero attached hydrogens (tertiary/aromatic N) is 2. The quantitative estimate of drug-likeness (QED) is 0.786. The van der Waals surface area contributed by atoms with E-state index in [0.29, 0.717) is 16.7 Å². The van der Waals surface area contributed by atoms with Crippen molar-refractivity contribution in [3.63, 3.8) is 0 Å². The lowest BCUT2D eigenvalue weighted by molar-refractivity contribution is 0.824. The second kappa shape index (κ2) is 6.51. The molecule has 2 aromatic heterocycles. The number of nitrogens with one attached hydrogen (secondary N) is 2. The molecule has 88 valence electrons. The minimum atomic E-state index is 0. The number of pyridine rings is 2. The fraction of sp³-hybridized carbons (Fsp3) is 0. The Labute approximate surface area is 104 Å². The van der Waals surface area contributed by atoms with Gasteiger partial charge in [0, 0.05) is 12.4 Å². The van der Waals surface area contributed by atoms with Crippen LogP contribution in [0.15, 0.2) is 48.8 Å². The average molecular weight is 248 g/mol. The molecule has 17 heavy (non-hydrogen) atoms. The van der Waals surface area contributed by atoms with Gasteiger partial charge in [0.1, 0.15) is 11.6 Å². The molecule has 2 heterocycles. The van der Waals surface area contributed by atoms with E-state index in [-0.39, 0.29) is 5.48 Å². The number of rotatable bonds is 2. The third-order valence-corrected chi connectivity index (χ3v) is 2.02. The third-order valence-electron chi connectivity index (χ3n) is 1.81. The lowest BCUT2D eigenvalue weighted by Crippen LogP contribution is -2.20. The highest BCUT2D eigenvalue weighted by Crippen LogP contribution is 2.03. The lowest BCUT2D eigenvalue weighted by Gasteiger charge is -2.08. The van der Waals surface area contributed by atoms with Gasteiger partial charge < -0.3 is 16.1 Å². The maximum absolute atomic E-state index is 5.12. The van der Waals surface area contributed by atoms with Gasteiger partial charge in [-0.05, 0) is 36.5 Å². The molecule has 0 aliphatic carbocycles. The molecule has 0 radical (unpaired) electrons. The van der Waals surface area contributed by atoms with Crippen molar-refractivity contribution in [2.75, 3.05) is 10.6 Å². The highest BCUT2D eigenvalue weighted by molar-refractivity contribution is 7.80. The first kappa shape index (κ1) is 13.0. The molecular weight excluding hydrogens is 236 g/mol. The van der Waals surface area contributed by atoms with Crippen molar-refractivity contribution in [1.29, 1.82) is 0 Å². The van der Waals surface area contributed by atoms with Crippen LogP contribution in [0.1, 0.15) is 0 Å². The van der Waals surface area contributed by atoms with Crippen LogP contribution >= 0.6 is 12.2 Å². The van der Waals surface area contributed by atoms with Gasteiger partial charge in [0.05, 0.1) is 0 Å². The van der Waals surface area contributed by atoms with Crippen molar-refractivity contribution in [3.8, 4) is 0 Å². The van der Waals surface area contributed by atoms with Crippen molar-refractivity contribution in [2.24, 2.45) is 0 Å². The van der Waals surface area contributed by atoms with Gasteiger partial charge in [0.15, 0.2) is 5.11 Å². The van der Waals surface area contributed by atoms with Gasteiger partial charge in [0.2, 0.25) is 0 Å². The summed E-state index contributed by atoms with van der Waals surface area (Å²) in [5, 5.41) is 6.39. The standard InChI is InChI=1S/C11H10N4S.H2O/c16-11(14-9-5-1-3-7-12-9)15-10-6-2-4-8-13-10;/h1-8H,(H2,12,13,14,15,16);1H2. The first-order valence-electron chi connectivity index (χ1n) is 4.75. The van der Waals surface area contributed by atoms with E-state index >= 15 is 0 Å². The SMILES string of the molecule is O.S=C(Nc1ccccn1)Nc1ccccn1. The summed E-state index contributed by atoms with van der Waals surface area (Å²) in [4.78, 5) is 8.20. The minimum Gasteiger partial charge on any atom is -0.412 e. The molecule has 6 heteroatoms. The molecule has 0 fully saturated rings. The van der Waals surface area contributed by atoms with E-state index in [4.69, 9.17) is 12.2 Å². The fourth-order valence-electron chi connectivity index (χ4n) is 1.14. The van der Waals surface area contributed by atoms with Crippen molar-refractivity contribution in [2.45, 2.75) is 0 Å². The van der Waals surface area contributed by atoms with Gasteiger partial charge in [-0.2, -0.15) is 0 Å². The van der Waals surface area contributed by atoms with Crippen molar-refractivity contribution < 1.29 is 5.48 Å². The van der Waals surface area contributed by atoms with E-state index in [0.717, 1.165) is 0 Å². The molecule has 2 rings (SSSR count). The van der Waals surface area contributed by atoms with Crippen LogP contribution in [-0.4, -0.2) is 20.6 Å². The molecule has 0 bridgehead atoms. The zero-order valence-electron chi connectivity index (χ0n) is 8.92. The number of thiocarbonyl (C=S) groups is 1. The van der Waals surface area contributed by atoms with E-state index in [2.05, 4.69) is 20.6 Å². The monoisotopic (exact) mass is 248 g/mol. The molecule has 0 aliphatic rings. The zero-order valence-corrected chi connectivity index (χ0v) is 9.74. The first-order chi connectivity index (χ1) is 7.84. The number of hydrogen-bond acceptors (Lipinski definition) is 3. The van der Waals surface area contributed by atoms with Crippen LogP contribution in [0.2, 0.25) is 0 Å². The van der Waals surface area contributed by atoms with Gasteiger partial charge in [-0.1, -0.05) is 12.1 Å². The van der Waals surface area contributed by atoms with Crippen LogP contribution in [-0.2, 0) is 0 Å². The molecule has 2 aromatic rings.